The normalized spacial score (nSPS) is 13.8. The van der Waals surface area contributed by atoms with Gasteiger partial charge in [-0.15, -0.1) is 11.8 Å². The summed E-state index contributed by atoms with van der Waals surface area (Å²) in [5.41, 5.74) is 4.28. The number of anilines is 1. The second-order valence-electron chi connectivity index (χ2n) is 7.66. The molecule has 0 bridgehead atoms. The Morgan fingerprint density at radius 1 is 1.16 bits per heavy atom. The number of benzene rings is 2. The predicted molar refractivity (Wildman–Crippen MR) is 126 cm³/mol. The number of nitrogens with zero attached hydrogens (tertiary/aromatic N) is 2. The molecule has 2 aromatic carbocycles. The molecule has 0 radical (unpaired) electrons. The standard InChI is InChI=1S/C23H21N3O4S2/c1-13-7-14(2)9-16(8-13)26-22(28)21-17(5-6-31-21)25-23(26)32-11-20(27)24-15-3-4-18-19(10-15)30-12-29-18/h3-4,7-10H,5-6,11-12H2,1-2H3,(H,24,27). The van der Waals surface area contributed by atoms with Crippen LogP contribution in [0.1, 0.15) is 16.8 Å². The van der Waals surface area contributed by atoms with E-state index in [0.29, 0.717) is 27.2 Å². The molecule has 0 fully saturated rings. The van der Waals surface area contributed by atoms with Crippen LogP contribution in [0.15, 0.2) is 51.2 Å². The third-order valence-electron chi connectivity index (χ3n) is 5.12. The zero-order chi connectivity index (χ0) is 22.2. The fraction of sp³-hybridized carbons (Fsp3) is 0.261. The number of ether oxygens (including phenoxy) is 2. The molecule has 7 nitrogen and oxygen atoms in total. The van der Waals surface area contributed by atoms with E-state index in [1.54, 1.807) is 34.5 Å². The van der Waals surface area contributed by atoms with Crippen LogP contribution in [0.2, 0.25) is 0 Å². The summed E-state index contributed by atoms with van der Waals surface area (Å²) in [5.74, 6) is 2.05. The van der Waals surface area contributed by atoms with Crippen molar-refractivity contribution in [1.82, 2.24) is 9.55 Å². The van der Waals surface area contributed by atoms with Crippen molar-refractivity contribution < 1.29 is 14.3 Å². The van der Waals surface area contributed by atoms with Crippen molar-refractivity contribution in [2.24, 2.45) is 0 Å². The molecule has 2 aliphatic rings. The van der Waals surface area contributed by atoms with E-state index in [1.807, 2.05) is 26.0 Å². The van der Waals surface area contributed by atoms with Gasteiger partial charge in [-0.3, -0.25) is 14.2 Å². The van der Waals surface area contributed by atoms with Gasteiger partial charge in [0.05, 0.1) is 22.0 Å². The zero-order valence-electron chi connectivity index (χ0n) is 17.6. The van der Waals surface area contributed by atoms with Gasteiger partial charge in [-0.05, 0) is 49.2 Å². The molecule has 2 aliphatic heterocycles. The highest BCUT2D eigenvalue weighted by Crippen LogP contribution is 2.34. The first-order valence-corrected chi connectivity index (χ1v) is 12.1. The number of thioether (sulfide) groups is 2. The van der Waals surface area contributed by atoms with E-state index in [9.17, 15) is 9.59 Å². The Hall–Kier alpha value is -2.91. The van der Waals surface area contributed by atoms with Gasteiger partial charge in [0.1, 0.15) is 0 Å². The highest BCUT2D eigenvalue weighted by atomic mass is 32.2. The Balaban J connectivity index is 1.41. The van der Waals surface area contributed by atoms with E-state index < -0.39 is 0 Å². The zero-order valence-corrected chi connectivity index (χ0v) is 19.3. The minimum atomic E-state index is -0.190. The van der Waals surface area contributed by atoms with E-state index >= 15 is 0 Å². The lowest BCUT2D eigenvalue weighted by Crippen LogP contribution is -2.25. The number of hydrogen-bond acceptors (Lipinski definition) is 7. The number of fused-ring (bicyclic) bond motifs is 2. The van der Waals surface area contributed by atoms with Crippen LogP contribution < -0.4 is 20.3 Å². The summed E-state index contributed by atoms with van der Waals surface area (Å²) in [4.78, 5) is 31.4. The first-order chi connectivity index (χ1) is 15.5. The van der Waals surface area contributed by atoms with E-state index in [2.05, 4.69) is 11.4 Å². The van der Waals surface area contributed by atoms with E-state index in [1.165, 1.54) is 11.8 Å². The lowest BCUT2D eigenvalue weighted by molar-refractivity contribution is -0.113. The Bertz CT molecular complexity index is 1270. The second kappa shape index (κ2) is 8.55. The summed E-state index contributed by atoms with van der Waals surface area (Å²) < 4.78 is 12.3. The second-order valence-corrected chi connectivity index (χ2v) is 9.71. The van der Waals surface area contributed by atoms with Crippen LogP contribution in [0.5, 0.6) is 11.5 Å². The summed E-state index contributed by atoms with van der Waals surface area (Å²) in [7, 11) is 0. The van der Waals surface area contributed by atoms with Gasteiger partial charge in [0.15, 0.2) is 16.7 Å². The SMILES string of the molecule is Cc1cc(C)cc(-n2c(SCC(=O)Nc3ccc4c(c3)OCO4)nc3c(c2=O)SCC3)c1. The van der Waals surface area contributed by atoms with E-state index in [-0.39, 0.29) is 24.0 Å². The molecule has 0 saturated carbocycles. The van der Waals surface area contributed by atoms with Gasteiger partial charge < -0.3 is 14.8 Å². The van der Waals surface area contributed by atoms with Crippen LogP contribution >= 0.6 is 23.5 Å². The van der Waals surface area contributed by atoms with Crippen molar-refractivity contribution in [1.29, 1.82) is 0 Å². The van der Waals surface area contributed by atoms with Crippen LogP contribution in [0.4, 0.5) is 5.69 Å². The number of hydrogen-bond donors (Lipinski definition) is 1. The van der Waals surface area contributed by atoms with Gasteiger partial charge in [0.2, 0.25) is 12.7 Å². The molecule has 3 aromatic rings. The van der Waals surface area contributed by atoms with E-state index in [0.717, 1.165) is 34.7 Å². The quantitative estimate of drug-likeness (QED) is 0.449. The third kappa shape index (κ3) is 4.10. The molecule has 164 valence electrons. The van der Waals surface area contributed by atoms with Gasteiger partial charge in [-0.25, -0.2) is 4.98 Å². The molecule has 5 rings (SSSR count). The Kier molecular flexibility index (Phi) is 5.60. The molecule has 1 N–H and O–H groups in total. The maximum atomic E-state index is 13.3. The maximum Gasteiger partial charge on any atom is 0.272 e. The van der Waals surface area contributed by atoms with Gasteiger partial charge in [-0.2, -0.15) is 0 Å². The first kappa shape index (κ1) is 21.0. The van der Waals surface area contributed by atoms with Crippen molar-refractivity contribution in [3.63, 3.8) is 0 Å². The average molecular weight is 468 g/mol. The van der Waals surface area contributed by atoms with Crippen LogP contribution in [0, 0.1) is 13.8 Å². The summed E-state index contributed by atoms with van der Waals surface area (Å²) >= 11 is 2.81. The first-order valence-electron chi connectivity index (χ1n) is 10.2. The molecule has 0 saturated heterocycles. The minimum Gasteiger partial charge on any atom is -0.454 e. The topological polar surface area (TPSA) is 82.5 Å². The minimum absolute atomic E-state index is 0.0684. The summed E-state index contributed by atoms with van der Waals surface area (Å²) in [6, 6.07) is 11.3. The van der Waals surface area contributed by atoms with Crippen molar-refractivity contribution >= 4 is 35.1 Å². The summed E-state index contributed by atoms with van der Waals surface area (Å²) in [6.07, 6.45) is 0.764. The molecule has 0 unspecified atom stereocenters. The third-order valence-corrected chi connectivity index (χ3v) is 7.17. The molecule has 0 atom stereocenters. The Morgan fingerprint density at radius 3 is 2.75 bits per heavy atom. The Morgan fingerprint density at radius 2 is 1.94 bits per heavy atom. The number of amides is 1. The fourth-order valence-corrected chi connectivity index (χ4v) is 5.65. The van der Waals surface area contributed by atoms with Crippen LogP contribution in [-0.2, 0) is 11.2 Å². The van der Waals surface area contributed by atoms with Crippen molar-refractivity contribution in [3.8, 4) is 17.2 Å². The monoisotopic (exact) mass is 467 g/mol. The molecule has 9 heteroatoms. The predicted octanol–water partition coefficient (Wildman–Crippen LogP) is 3.96. The van der Waals surface area contributed by atoms with Crippen LogP contribution in [0.3, 0.4) is 0 Å². The molecule has 0 aliphatic carbocycles. The average Bonchev–Trinajstić information content (AvgIpc) is 3.40. The largest absolute Gasteiger partial charge is 0.454 e. The number of aromatic nitrogens is 2. The maximum absolute atomic E-state index is 13.3. The van der Waals surface area contributed by atoms with Crippen LogP contribution in [0.25, 0.3) is 5.69 Å². The summed E-state index contributed by atoms with van der Waals surface area (Å²) in [6.45, 7) is 4.19. The Labute approximate surface area is 193 Å². The van der Waals surface area contributed by atoms with Gasteiger partial charge in [0.25, 0.3) is 5.56 Å². The number of carbonyl (C=O) groups excluding carboxylic acids is 1. The molecule has 1 aromatic heterocycles. The molecule has 0 spiro atoms. The molecule has 3 heterocycles. The highest BCUT2D eigenvalue weighted by Gasteiger charge is 2.23. The molecular weight excluding hydrogens is 446 g/mol. The summed E-state index contributed by atoms with van der Waals surface area (Å²) in [5, 5.41) is 3.40. The van der Waals surface area contributed by atoms with Crippen molar-refractivity contribution in [2.45, 2.75) is 30.3 Å². The lowest BCUT2D eigenvalue weighted by Gasteiger charge is -2.15. The fourth-order valence-electron chi connectivity index (χ4n) is 3.80. The molecule has 1 amide bonds. The number of nitrogens with one attached hydrogen (secondary N) is 1. The smallest absolute Gasteiger partial charge is 0.272 e. The number of aryl methyl sites for hydroxylation is 3. The van der Waals surface area contributed by atoms with E-state index in [4.69, 9.17) is 14.5 Å². The van der Waals surface area contributed by atoms with Gasteiger partial charge in [0, 0.05) is 23.9 Å². The van der Waals surface area contributed by atoms with Crippen molar-refractivity contribution in [3.05, 3.63) is 63.6 Å². The molecule has 32 heavy (non-hydrogen) atoms. The van der Waals surface area contributed by atoms with Crippen molar-refractivity contribution in [2.75, 3.05) is 23.6 Å². The highest BCUT2D eigenvalue weighted by molar-refractivity contribution is 8.00. The number of carbonyl (C=O) groups is 1. The van der Waals surface area contributed by atoms with Gasteiger partial charge in [-0.1, -0.05) is 17.8 Å². The number of rotatable bonds is 5. The lowest BCUT2D eigenvalue weighted by atomic mass is 10.1. The molecular formula is C23H21N3O4S2. The van der Waals surface area contributed by atoms with Gasteiger partial charge >= 0.3 is 0 Å². The van der Waals surface area contributed by atoms with Crippen LogP contribution in [-0.4, -0.2) is 33.8 Å².